The van der Waals surface area contributed by atoms with E-state index in [1.807, 2.05) is 0 Å². The van der Waals surface area contributed by atoms with E-state index in [1.165, 1.54) is 24.0 Å². The molecule has 1 aromatic carbocycles. The molecule has 106 valence electrons. The summed E-state index contributed by atoms with van der Waals surface area (Å²) in [5, 5.41) is 3.23. The van der Waals surface area contributed by atoms with Gasteiger partial charge in [-0.1, -0.05) is 38.1 Å². The summed E-state index contributed by atoms with van der Waals surface area (Å²) in [5.41, 5.74) is 9.88. The first-order valence-corrected chi connectivity index (χ1v) is 8.32. The second kappa shape index (κ2) is 5.66. The lowest BCUT2D eigenvalue weighted by molar-refractivity contribution is 0.629. The van der Waals surface area contributed by atoms with Crippen molar-refractivity contribution in [1.29, 1.82) is 0 Å². The van der Waals surface area contributed by atoms with Crippen molar-refractivity contribution in [2.45, 2.75) is 39.2 Å². The van der Waals surface area contributed by atoms with Crippen molar-refractivity contribution in [3.05, 3.63) is 40.2 Å². The average molecular weight is 286 g/mol. The third-order valence-electron chi connectivity index (χ3n) is 3.83. The van der Waals surface area contributed by atoms with Crippen LogP contribution in [0.1, 0.15) is 43.3 Å². The van der Waals surface area contributed by atoms with Crippen molar-refractivity contribution >= 4 is 11.3 Å². The quantitative estimate of drug-likeness (QED) is 0.883. The van der Waals surface area contributed by atoms with Crippen molar-refractivity contribution in [1.82, 2.24) is 4.98 Å². The summed E-state index contributed by atoms with van der Waals surface area (Å²) in [5.74, 6) is 1.37. The van der Waals surface area contributed by atoms with Gasteiger partial charge in [0, 0.05) is 10.9 Å². The summed E-state index contributed by atoms with van der Waals surface area (Å²) in [4.78, 5) is 4.73. The number of aromatic nitrogens is 1. The molecule has 2 aromatic rings. The Balaban J connectivity index is 1.75. The number of hydrogen-bond acceptors (Lipinski definition) is 3. The molecule has 2 nitrogen and oxygen atoms in total. The Morgan fingerprint density at radius 1 is 1.25 bits per heavy atom. The van der Waals surface area contributed by atoms with Crippen molar-refractivity contribution in [3.63, 3.8) is 0 Å². The van der Waals surface area contributed by atoms with E-state index < -0.39 is 0 Å². The molecule has 1 fully saturated rings. The summed E-state index contributed by atoms with van der Waals surface area (Å²) < 4.78 is 0. The van der Waals surface area contributed by atoms with Crippen LogP contribution in [0.4, 0.5) is 0 Å². The number of hydrogen-bond donors (Lipinski definition) is 1. The van der Waals surface area contributed by atoms with Gasteiger partial charge in [-0.05, 0) is 36.7 Å². The highest BCUT2D eigenvalue weighted by molar-refractivity contribution is 7.10. The molecule has 0 amide bonds. The first kappa shape index (κ1) is 13.8. The molecule has 1 atom stereocenters. The molecule has 20 heavy (non-hydrogen) atoms. The zero-order chi connectivity index (χ0) is 14.1. The molecule has 0 bridgehead atoms. The SMILES string of the molecule is CC(C)Cc1ccc(-c2csc(C(N)C3CC3)n2)cc1. The van der Waals surface area contributed by atoms with Crippen LogP contribution in [0.5, 0.6) is 0 Å². The van der Waals surface area contributed by atoms with Gasteiger partial charge in [0.15, 0.2) is 0 Å². The average Bonchev–Trinajstić information content (AvgIpc) is 3.16. The molecule has 0 aliphatic heterocycles. The van der Waals surface area contributed by atoms with Crippen LogP contribution in [0.2, 0.25) is 0 Å². The van der Waals surface area contributed by atoms with Crippen LogP contribution in [-0.4, -0.2) is 4.98 Å². The molecule has 3 heteroatoms. The van der Waals surface area contributed by atoms with Crippen LogP contribution >= 0.6 is 11.3 Å². The Hall–Kier alpha value is -1.19. The van der Waals surface area contributed by atoms with E-state index in [4.69, 9.17) is 10.7 Å². The molecule has 1 saturated carbocycles. The Kier molecular flexibility index (Phi) is 3.90. The van der Waals surface area contributed by atoms with Gasteiger partial charge in [0.05, 0.1) is 11.7 Å². The molecular weight excluding hydrogens is 264 g/mol. The maximum atomic E-state index is 6.22. The summed E-state index contributed by atoms with van der Waals surface area (Å²) >= 11 is 1.70. The lowest BCUT2D eigenvalue weighted by Gasteiger charge is -2.06. The van der Waals surface area contributed by atoms with Gasteiger partial charge in [0.2, 0.25) is 0 Å². The van der Waals surface area contributed by atoms with Crippen LogP contribution in [0, 0.1) is 11.8 Å². The van der Waals surface area contributed by atoms with Gasteiger partial charge in [0.1, 0.15) is 5.01 Å². The van der Waals surface area contributed by atoms with Crippen molar-refractivity contribution < 1.29 is 0 Å². The lowest BCUT2D eigenvalue weighted by atomic mass is 10.0. The van der Waals surface area contributed by atoms with Gasteiger partial charge < -0.3 is 5.73 Å². The molecule has 0 spiro atoms. The summed E-state index contributed by atoms with van der Waals surface area (Å²) in [7, 11) is 0. The predicted molar refractivity (Wildman–Crippen MR) is 85.7 cm³/mol. The van der Waals surface area contributed by atoms with E-state index in [9.17, 15) is 0 Å². The van der Waals surface area contributed by atoms with Crippen LogP contribution in [0.3, 0.4) is 0 Å². The summed E-state index contributed by atoms with van der Waals surface area (Å²) in [6.45, 7) is 4.50. The maximum Gasteiger partial charge on any atom is 0.110 e. The fourth-order valence-corrected chi connectivity index (χ4v) is 3.44. The smallest absolute Gasteiger partial charge is 0.110 e. The highest BCUT2D eigenvalue weighted by Gasteiger charge is 2.31. The number of rotatable bonds is 5. The molecule has 1 aliphatic carbocycles. The predicted octanol–water partition coefficient (Wildman–Crippen LogP) is 4.42. The monoisotopic (exact) mass is 286 g/mol. The zero-order valence-electron chi connectivity index (χ0n) is 12.2. The van der Waals surface area contributed by atoms with Crippen LogP contribution in [0.15, 0.2) is 29.6 Å². The first-order valence-electron chi connectivity index (χ1n) is 7.44. The normalized spacial score (nSPS) is 16.6. The lowest BCUT2D eigenvalue weighted by Crippen LogP contribution is -2.11. The number of nitrogens with two attached hydrogens (primary N) is 1. The topological polar surface area (TPSA) is 38.9 Å². The molecule has 2 N–H and O–H groups in total. The number of thiazole rings is 1. The Labute approximate surface area is 125 Å². The molecule has 1 unspecified atom stereocenters. The van der Waals surface area contributed by atoms with E-state index in [2.05, 4.69) is 43.5 Å². The minimum absolute atomic E-state index is 0.147. The van der Waals surface area contributed by atoms with Crippen LogP contribution < -0.4 is 5.73 Å². The largest absolute Gasteiger partial charge is 0.322 e. The van der Waals surface area contributed by atoms with E-state index in [0.29, 0.717) is 11.8 Å². The molecule has 0 radical (unpaired) electrons. The van der Waals surface area contributed by atoms with Crippen LogP contribution in [-0.2, 0) is 6.42 Å². The minimum Gasteiger partial charge on any atom is -0.322 e. The van der Waals surface area contributed by atoms with Gasteiger partial charge in [-0.3, -0.25) is 0 Å². The van der Waals surface area contributed by atoms with Gasteiger partial charge in [-0.15, -0.1) is 11.3 Å². The molecule has 0 saturated heterocycles. The second-order valence-electron chi connectivity index (χ2n) is 6.23. The Bertz CT molecular complexity index is 567. The van der Waals surface area contributed by atoms with E-state index in [1.54, 1.807) is 11.3 Å². The molecule has 1 aromatic heterocycles. The molecule has 3 rings (SSSR count). The van der Waals surface area contributed by atoms with Crippen molar-refractivity contribution in [3.8, 4) is 11.3 Å². The minimum atomic E-state index is 0.147. The molecular formula is C17H22N2S. The first-order chi connectivity index (χ1) is 9.63. The zero-order valence-corrected chi connectivity index (χ0v) is 13.0. The van der Waals surface area contributed by atoms with Gasteiger partial charge in [-0.2, -0.15) is 0 Å². The third-order valence-corrected chi connectivity index (χ3v) is 4.78. The van der Waals surface area contributed by atoms with E-state index in [0.717, 1.165) is 17.1 Å². The molecule has 1 heterocycles. The standard InChI is InChI=1S/C17H22N2S/c1-11(2)9-12-3-5-13(6-4-12)15-10-20-17(19-15)16(18)14-7-8-14/h3-6,10-11,14,16H,7-9,18H2,1-2H3. The number of benzene rings is 1. The molecule has 1 aliphatic rings. The van der Waals surface area contributed by atoms with E-state index in [-0.39, 0.29) is 6.04 Å². The highest BCUT2D eigenvalue weighted by Crippen LogP contribution is 2.40. The van der Waals surface area contributed by atoms with Crippen LogP contribution in [0.25, 0.3) is 11.3 Å². The highest BCUT2D eigenvalue weighted by atomic mass is 32.1. The maximum absolute atomic E-state index is 6.22. The Morgan fingerprint density at radius 3 is 2.55 bits per heavy atom. The summed E-state index contributed by atoms with van der Waals surface area (Å²) in [6, 6.07) is 8.94. The summed E-state index contributed by atoms with van der Waals surface area (Å²) in [6.07, 6.45) is 3.66. The van der Waals surface area contributed by atoms with Crippen molar-refractivity contribution in [2.24, 2.45) is 17.6 Å². The second-order valence-corrected chi connectivity index (χ2v) is 7.12. The Morgan fingerprint density at radius 2 is 1.95 bits per heavy atom. The number of nitrogens with zero attached hydrogens (tertiary/aromatic N) is 1. The van der Waals surface area contributed by atoms with E-state index >= 15 is 0 Å². The fraction of sp³-hybridized carbons (Fsp3) is 0.471. The van der Waals surface area contributed by atoms with Crippen molar-refractivity contribution in [2.75, 3.05) is 0 Å². The fourth-order valence-electron chi connectivity index (χ4n) is 2.51. The van der Waals surface area contributed by atoms with Gasteiger partial charge >= 0.3 is 0 Å². The van der Waals surface area contributed by atoms with Gasteiger partial charge in [0.25, 0.3) is 0 Å². The van der Waals surface area contributed by atoms with Gasteiger partial charge in [-0.25, -0.2) is 4.98 Å². The third kappa shape index (κ3) is 3.10.